The zero-order chi connectivity index (χ0) is 18.4. The fourth-order valence-corrected chi connectivity index (χ4v) is 4.28. The van der Waals surface area contributed by atoms with Gasteiger partial charge in [0.15, 0.2) is 5.78 Å². The molecule has 1 aromatic heterocycles. The summed E-state index contributed by atoms with van der Waals surface area (Å²) in [6.45, 7) is 1.84. The summed E-state index contributed by atoms with van der Waals surface area (Å²) in [5, 5.41) is 9.30. The average Bonchev–Trinajstić information content (AvgIpc) is 2.90. The van der Waals surface area contributed by atoms with E-state index < -0.39 is 18.2 Å². The van der Waals surface area contributed by atoms with Crippen LogP contribution in [0.1, 0.15) is 34.1 Å². The minimum absolute atomic E-state index is 0.0865. The van der Waals surface area contributed by atoms with Gasteiger partial charge in [-0.25, -0.2) is 4.39 Å². The van der Waals surface area contributed by atoms with E-state index in [1.54, 1.807) is 19.1 Å². The molecule has 8 heteroatoms. The predicted octanol–water partition coefficient (Wildman–Crippen LogP) is 3.77. The van der Waals surface area contributed by atoms with Gasteiger partial charge < -0.3 is 10.5 Å². The van der Waals surface area contributed by atoms with Crippen molar-refractivity contribution in [1.82, 2.24) is 0 Å². The van der Waals surface area contributed by atoms with Crippen LogP contribution in [0.2, 0.25) is 0 Å². The van der Waals surface area contributed by atoms with E-state index in [4.69, 9.17) is 10.5 Å². The highest BCUT2D eigenvalue weighted by Gasteiger charge is 2.23. The van der Waals surface area contributed by atoms with Crippen LogP contribution in [0.25, 0.3) is 0 Å². The third kappa shape index (κ3) is 4.81. The quantitative estimate of drug-likeness (QED) is 0.341. The van der Waals surface area contributed by atoms with Crippen LogP contribution < -0.4 is 5.73 Å². The van der Waals surface area contributed by atoms with E-state index in [2.05, 4.69) is 0 Å². The Kier molecular flexibility index (Phi) is 6.56. The standard InChI is InChI=1S/C17H15FN2O3S2/c1-2-23-14(22)7-13(21)16-15(20)12(8-19)17(25-16)24-9-10-3-5-11(18)6-4-10/h3-6H,2,7,9,20H2,1H3. The number of ketones is 1. The highest BCUT2D eigenvalue weighted by Crippen LogP contribution is 2.39. The highest BCUT2D eigenvalue weighted by atomic mass is 32.2. The largest absolute Gasteiger partial charge is 0.466 e. The molecule has 0 saturated carbocycles. The maximum absolute atomic E-state index is 12.9. The van der Waals surface area contributed by atoms with Crippen LogP contribution in [-0.4, -0.2) is 18.4 Å². The Balaban J connectivity index is 2.16. The van der Waals surface area contributed by atoms with Crippen molar-refractivity contribution < 1.29 is 18.7 Å². The van der Waals surface area contributed by atoms with Crippen molar-refractivity contribution in [2.24, 2.45) is 0 Å². The number of halogens is 1. The lowest BCUT2D eigenvalue weighted by molar-refractivity contribution is -0.141. The smallest absolute Gasteiger partial charge is 0.313 e. The molecule has 0 aliphatic rings. The summed E-state index contributed by atoms with van der Waals surface area (Å²) >= 11 is 2.42. The van der Waals surface area contributed by atoms with E-state index >= 15 is 0 Å². The molecule has 0 saturated heterocycles. The van der Waals surface area contributed by atoms with E-state index in [9.17, 15) is 19.2 Å². The van der Waals surface area contributed by atoms with Gasteiger partial charge in [-0.05, 0) is 24.6 Å². The Bertz CT molecular complexity index is 826. The fourth-order valence-electron chi connectivity index (χ4n) is 1.99. The number of nitrogens with zero attached hydrogens (tertiary/aromatic N) is 1. The molecule has 0 atom stereocenters. The lowest BCUT2D eigenvalue weighted by Gasteiger charge is -2.00. The Morgan fingerprint density at radius 1 is 1.36 bits per heavy atom. The SMILES string of the molecule is CCOC(=O)CC(=O)c1sc(SCc2ccc(F)cc2)c(C#N)c1N. The van der Waals surface area contributed by atoms with Gasteiger partial charge in [0, 0.05) is 5.75 Å². The number of nitrogens with two attached hydrogens (primary N) is 1. The maximum Gasteiger partial charge on any atom is 0.313 e. The second-order valence-electron chi connectivity index (χ2n) is 4.94. The molecule has 0 spiro atoms. The number of thiophene rings is 1. The number of esters is 1. The van der Waals surface area contributed by atoms with Gasteiger partial charge in [-0.2, -0.15) is 5.26 Å². The number of anilines is 1. The number of nitriles is 1. The number of carbonyl (C=O) groups is 2. The predicted molar refractivity (Wildman–Crippen MR) is 95.0 cm³/mol. The number of nitrogen functional groups attached to an aromatic ring is 1. The van der Waals surface area contributed by atoms with Crippen molar-refractivity contribution in [2.75, 3.05) is 12.3 Å². The first-order valence-electron chi connectivity index (χ1n) is 7.34. The number of Topliss-reactive ketones (excluding diaryl/α,β-unsaturated/α-hetero) is 1. The molecule has 0 aliphatic heterocycles. The van der Waals surface area contributed by atoms with Crippen LogP contribution in [0.4, 0.5) is 10.1 Å². The van der Waals surface area contributed by atoms with Crippen LogP contribution in [0.15, 0.2) is 28.5 Å². The van der Waals surface area contributed by atoms with Gasteiger partial charge in [-0.1, -0.05) is 12.1 Å². The van der Waals surface area contributed by atoms with Crippen LogP contribution in [0.5, 0.6) is 0 Å². The van der Waals surface area contributed by atoms with E-state index in [1.807, 2.05) is 6.07 Å². The monoisotopic (exact) mass is 378 g/mol. The molecular weight excluding hydrogens is 363 g/mol. The Hall–Kier alpha value is -2.37. The molecular formula is C17H15FN2O3S2. The van der Waals surface area contributed by atoms with Crippen molar-refractivity contribution in [3.05, 3.63) is 46.1 Å². The molecule has 2 rings (SSSR count). The number of hydrogen-bond donors (Lipinski definition) is 1. The second-order valence-corrected chi connectivity index (χ2v) is 7.20. The lowest BCUT2D eigenvalue weighted by atomic mass is 10.2. The minimum atomic E-state index is -0.626. The van der Waals surface area contributed by atoms with Crippen molar-refractivity contribution in [2.45, 2.75) is 23.3 Å². The molecule has 0 aliphatic carbocycles. The number of rotatable bonds is 7. The summed E-state index contributed by atoms with van der Waals surface area (Å²) < 4.78 is 18.3. The van der Waals surface area contributed by atoms with Gasteiger partial charge in [0.05, 0.1) is 21.4 Å². The van der Waals surface area contributed by atoms with E-state index in [-0.39, 0.29) is 28.6 Å². The Morgan fingerprint density at radius 3 is 2.64 bits per heavy atom. The third-order valence-electron chi connectivity index (χ3n) is 3.17. The van der Waals surface area contributed by atoms with Gasteiger partial charge in [-0.15, -0.1) is 23.1 Å². The lowest BCUT2D eigenvalue weighted by Crippen LogP contribution is -2.11. The number of ether oxygens (including phenoxy) is 1. The van der Waals surface area contributed by atoms with Gasteiger partial charge in [0.1, 0.15) is 23.9 Å². The van der Waals surface area contributed by atoms with Crippen LogP contribution in [0.3, 0.4) is 0 Å². The summed E-state index contributed by atoms with van der Waals surface area (Å²) in [6.07, 6.45) is -0.411. The summed E-state index contributed by atoms with van der Waals surface area (Å²) in [6, 6.07) is 8.02. The average molecular weight is 378 g/mol. The molecule has 25 heavy (non-hydrogen) atoms. The number of carbonyl (C=O) groups excluding carboxylic acids is 2. The molecule has 2 N–H and O–H groups in total. The topological polar surface area (TPSA) is 93.2 Å². The molecule has 1 heterocycles. The molecule has 0 amide bonds. The third-order valence-corrected chi connectivity index (χ3v) is 5.76. The van der Waals surface area contributed by atoms with Gasteiger partial charge in [0.25, 0.3) is 0 Å². The minimum Gasteiger partial charge on any atom is -0.466 e. The van der Waals surface area contributed by atoms with E-state index in [0.717, 1.165) is 16.9 Å². The first-order chi connectivity index (χ1) is 12.0. The van der Waals surface area contributed by atoms with Crippen molar-refractivity contribution in [1.29, 1.82) is 5.26 Å². The molecule has 0 bridgehead atoms. The van der Waals surface area contributed by atoms with Gasteiger partial charge >= 0.3 is 5.97 Å². The molecule has 0 radical (unpaired) electrons. The molecule has 0 fully saturated rings. The van der Waals surface area contributed by atoms with Crippen LogP contribution in [-0.2, 0) is 15.3 Å². The molecule has 0 unspecified atom stereocenters. The van der Waals surface area contributed by atoms with Gasteiger partial charge in [-0.3, -0.25) is 9.59 Å². The zero-order valence-corrected chi connectivity index (χ0v) is 15.0. The summed E-state index contributed by atoms with van der Waals surface area (Å²) in [7, 11) is 0. The van der Waals surface area contributed by atoms with Crippen molar-refractivity contribution in [3.63, 3.8) is 0 Å². The van der Waals surface area contributed by atoms with Crippen LogP contribution >= 0.6 is 23.1 Å². The van der Waals surface area contributed by atoms with E-state index in [0.29, 0.717) is 9.96 Å². The summed E-state index contributed by atoms with van der Waals surface area (Å²) in [4.78, 5) is 23.9. The highest BCUT2D eigenvalue weighted by molar-refractivity contribution is 8.00. The first-order valence-corrected chi connectivity index (χ1v) is 9.14. The van der Waals surface area contributed by atoms with Gasteiger partial charge in [0.2, 0.25) is 0 Å². The zero-order valence-electron chi connectivity index (χ0n) is 13.4. The number of hydrogen-bond acceptors (Lipinski definition) is 7. The molecule has 130 valence electrons. The summed E-state index contributed by atoms with van der Waals surface area (Å²) in [5.41, 5.74) is 7.10. The van der Waals surface area contributed by atoms with E-state index in [1.165, 1.54) is 23.9 Å². The molecule has 5 nitrogen and oxygen atoms in total. The normalized spacial score (nSPS) is 10.3. The Morgan fingerprint density at radius 2 is 2.04 bits per heavy atom. The van der Waals surface area contributed by atoms with Crippen LogP contribution in [0, 0.1) is 17.1 Å². The second kappa shape index (κ2) is 8.65. The molecule has 2 aromatic rings. The number of benzene rings is 1. The van der Waals surface area contributed by atoms with Crippen molar-refractivity contribution >= 4 is 40.5 Å². The molecule has 1 aromatic carbocycles. The number of thioether (sulfide) groups is 1. The fraction of sp³-hybridized carbons (Fsp3) is 0.235. The maximum atomic E-state index is 12.9. The van der Waals surface area contributed by atoms with Crippen molar-refractivity contribution in [3.8, 4) is 6.07 Å². The summed E-state index contributed by atoms with van der Waals surface area (Å²) in [5.74, 6) is -0.912. The first kappa shape index (κ1) is 19.0. The Labute approximate surface area is 152 Å².